The quantitative estimate of drug-likeness (QED) is 0.148. The second-order valence-corrected chi connectivity index (χ2v) is 15.7. The first kappa shape index (κ1) is 35.6. The molecule has 5 aromatic rings. The number of rotatable bonds is 8. The Bertz CT molecular complexity index is 2260. The smallest absolute Gasteiger partial charge is 0.407 e. The number of carbonyl (C=O) groups excluding carboxylic acids is 3. The summed E-state index contributed by atoms with van der Waals surface area (Å²) >= 11 is 0. The molecule has 3 aliphatic heterocycles. The van der Waals surface area contributed by atoms with Crippen LogP contribution < -0.4 is 10.1 Å². The van der Waals surface area contributed by atoms with E-state index in [-0.39, 0.29) is 35.9 Å². The summed E-state index contributed by atoms with van der Waals surface area (Å²) in [6.45, 7) is 11.3. The number of amides is 3. The van der Waals surface area contributed by atoms with Gasteiger partial charge in [0.15, 0.2) is 0 Å². The number of carbonyl (C=O) groups is 3. The molecule has 2 aromatic heterocycles. The van der Waals surface area contributed by atoms with Crippen molar-refractivity contribution in [3.63, 3.8) is 0 Å². The molecule has 54 heavy (non-hydrogen) atoms. The van der Waals surface area contributed by atoms with Gasteiger partial charge in [0.2, 0.25) is 11.8 Å². The predicted octanol–water partition coefficient (Wildman–Crippen LogP) is 7.81. The number of likely N-dealkylation sites (tertiary alicyclic amines) is 2. The maximum atomic E-state index is 13.9. The van der Waals surface area contributed by atoms with E-state index in [9.17, 15) is 14.4 Å². The van der Waals surface area contributed by atoms with Crippen LogP contribution in [0.25, 0.3) is 44.2 Å². The molecule has 8 rings (SSSR count). The maximum absolute atomic E-state index is 13.9. The molecule has 282 valence electrons. The highest BCUT2D eigenvalue weighted by atomic mass is 16.5. The first-order valence-electron chi connectivity index (χ1n) is 19.3. The van der Waals surface area contributed by atoms with Crippen LogP contribution in [-0.2, 0) is 20.9 Å². The average Bonchev–Trinajstić information content (AvgIpc) is 3.98. The summed E-state index contributed by atoms with van der Waals surface area (Å²) < 4.78 is 11.2. The molecule has 12 heteroatoms. The lowest BCUT2D eigenvalue weighted by Crippen LogP contribution is -2.52. The van der Waals surface area contributed by atoms with Gasteiger partial charge in [-0.05, 0) is 90.8 Å². The molecule has 0 aliphatic carbocycles. The van der Waals surface area contributed by atoms with E-state index in [0.29, 0.717) is 18.9 Å². The molecule has 0 bridgehead atoms. The highest BCUT2D eigenvalue weighted by Crippen LogP contribution is 2.44. The Morgan fingerprint density at radius 3 is 2.63 bits per heavy atom. The second kappa shape index (κ2) is 14.1. The lowest BCUT2D eigenvalue weighted by molar-refractivity contribution is -0.137. The Morgan fingerprint density at radius 1 is 1.02 bits per heavy atom. The van der Waals surface area contributed by atoms with Crippen LogP contribution in [-0.4, -0.2) is 73.4 Å². The molecule has 0 saturated carbocycles. The number of aromatic nitrogens is 4. The minimum Gasteiger partial charge on any atom is -0.488 e. The number of aromatic amines is 2. The molecule has 3 amide bonds. The van der Waals surface area contributed by atoms with Gasteiger partial charge in [-0.15, -0.1) is 0 Å². The number of nitrogens with zero attached hydrogens (tertiary/aromatic N) is 4. The van der Waals surface area contributed by atoms with Crippen molar-refractivity contribution >= 4 is 39.7 Å². The summed E-state index contributed by atoms with van der Waals surface area (Å²) in [6, 6.07) is 13.9. The van der Waals surface area contributed by atoms with Crippen molar-refractivity contribution < 1.29 is 23.9 Å². The highest BCUT2D eigenvalue weighted by Gasteiger charge is 2.41. The molecule has 3 aliphatic rings. The predicted molar refractivity (Wildman–Crippen MR) is 207 cm³/mol. The molecule has 5 heterocycles. The number of fused-ring (bicyclic) bond motifs is 6. The lowest BCUT2D eigenvalue weighted by Gasteiger charge is -2.32. The first-order valence-corrected chi connectivity index (χ1v) is 19.3. The molecule has 12 nitrogen and oxygen atoms in total. The van der Waals surface area contributed by atoms with Gasteiger partial charge >= 0.3 is 6.09 Å². The zero-order valence-electron chi connectivity index (χ0n) is 31.9. The zero-order valence-corrected chi connectivity index (χ0v) is 31.9. The fourth-order valence-corrected chi connectivity index (χ4v) is 8.71. The standard InChI is InChI=1S/C42H49N7O5/c1-7-8-36(50)48-20-23(4)15-34(48)39-43-19-32(45-39)26-10-12-28-27(16-26)21-54-35-18-29-25(17-30(28)35)11-13-31-38(29)46-40(44-31)33-14-9-24(5)49(33)41(51)37(22(2)3)47-42(52)53-6/h10-13,16-19,22-24,33-34,37H,7-9,14-15,20-21H2,1-6H3,(H,43,45)(H,44,46)(H,47,52)/t23-,24-,33-,34-,37-/m0/s1. The first-order chi connectivity index (χ1) is 26.0. The van der Waals surface area contributed by atoms with Gasteiger partial charge in [-0.3, -0.25) is 9.59 Å². The van der Waals surface area contributed by atoms with Gasteiger partial charge in [-0.2, -0.15) is 0 Å². The molecule has 3 aromatic carbocycles. The molecule has 2 saturated heterocycles. The number of hydrogen-bond donors (Lipinski definition) is 3. The third kappa shape index (κ3) is 6.24. The van der Waals surface area contributed by atoms with Crippen LogP contribution in [0.4, 0.5) is 4.79 Å². The minimum atomic E-state index is -0.709. The molecule has 0 radical (unpaired) electrons. The monoisotopic (exact) mass is 731 g/mol. The average molecular weight is 732 g/mol. The van der Waals surface area contributed by atoms with E-state index in [2.05, 4.69) is 58.6 Å². The van der Waals surface area contributed by atoms with Crippen LogP contribution >= 0.6 is 0 Å². The number of methoxy groups -OCH3 is 1. The summed E-state index contributed by atoms with van der Waals surface area (Å²) in [5, 5.41) is 4.76. The summed E-state index contributed by atoms with van der Waals surface area (Å²) in [7, 11) is 1.30. The largest absolute Gasteiger partial charge is 0.488 e. The van der Waals surface area contributed by atoms with E-state index in [0.717, 1.165) is 99.4 Å². The fraction of sp³-hybridized carbons (Fsp3) is 0.452. The number of benzene rings is 3. The Balaban J connectivity index is 1.07. The van der Waals surface area contributed by atoms with E-state index >= 15 is 0 Å². The van der Waals surface area contributed by atoms with E-state index in [1.54, 1.807) is 0 Å². The van der Waals surface area contributed by atoms with Gasteiger partial charge in [-0.25, -0.2) is 14.8 Å². The Labute approximate surface area is 315 Å². The van der Waals surface area contributed by atoms with Crippen molar-refractivity contribution in [1.29, 1.82) is 0 Å². The summed E-state index contributed by atoms with van der Waals surface area (Å²) in [5.74, 6) is 2.75. The molecule has 3 N–H and O–H groups in total. The van der Waals surface area contributed by atoms with Crippen LogP contribution in [0.3, 0.4) is 0 Å². The fourth-order valence-electron chi connectivity index (χ4n) is 8.71. The maximum Gasteiger partial charge on any atom is 0.407 e. The third-order valence-corrected chi connectivity index (χ3v) is 11.5. The van der Waals surface area contributed by atoms with Crippen LogP contribution in [0.5, 0.6) is 5.75 Å². The molecule has 0 spiro atoms. The minimum absolute atomic E-state index is 0.00725. The van der Waals surface area contributed by atoms with Crippen LogP contribution in [0.2, 0.25) is 0 Å². The van der Waals surface area contributed by atoms with E-state index in [1.807, 2.05) is 49.8 Å². The molecule has 2 fully saturated rings. The lowest BCUT2D eigenvalue weighted by atomic mass is 9.92. The van der Waals surface area contributed by atoms with Gasteiger partial charge in [0.05, 0.1) is 42.1 Å². The van der Waals surface area contributed by atoms with Crippen molar-refractivity contribution in [2.45, 2.75) is 97.5 Å². The molecule has 5 atom stereocenters. The normalized spacial score (nSPS) is 21.3. The summed E-state index contributed by atoms with van der Waals surface area (Å²) in [5.41, 5.74) is 6.92. The van der Waals surface area contributed by atoms with Crippen molar-refractivity contribution in [2.75, 3.05) is 13.7 Å². The second-order valence-electron chi connectivity index (χ2n) is 15.7. The Hall–Kier alpha value is -5.39. The number of nitrogens with one attached hydrogen (secondary N) is 3. The van der Waals surface area contributed by atoms with Crippen LogP contribution in [0, 0.1) is 11.8 Å². The number of alkyl carbamates (subject to hydrolysis) is 1. The van der Waals surface area contributed by atoms with Gasteiger partial charge in [0, 0.05) is 30.0 Å². The topological polar surface area (TPSA) is 146 Å². The summed E-state index contributed by atoms with van der Waals surface area (Å²) in [4.78, 5) is 59.7. The number of hydrogen-bond acceptors (Lipinski definition) is 7. The molecular weight excluding hydrogens is 683 g/mol. The van der Waals surface area contributed by atoms with Gasteiger partial charge in [0.25, 0.3) is 0 Å². The van der Waals surface area contributed by atoms with Crippen molar-refractivity contribution in [1.82, 2.24) is 35.1 Å². The molecular formula is C42H49N7O5. The molecule has 0 unspecified atom stereocenters. The third-order valence-electron chi connectivity index (χ3n) is 11.5. The van der Waals surface area contributed by atoms with E-state index in [1.165, 1.54) is 7.11 Å². The number of ether oxygens (including phenoxy) is 2. The number of imidazole rings is 2. The Kier molecular flexibility index (Phi) is 9.31. The van der Waals surface area contributed by atoms with Crippen LogP contribution in [0.1, 0.15) is 96.0 Å². The number of H-pyrrole nitrogens is 2. The van der Waals surface area contributed by atoms with Gasteiger partial charge < -0.3 is 34.6 Å². The van der Waals surface area contributed by atoms with E-state index in [4.69, 9.17) is 19.4 Å². The Morgan fingerprint density at radius 2 is 1.85 bits per heavy atom. The van der Waals surface area contributed by atoms with Crippen LogP contribution in [0.15, 0.2) is 48.7 Å². The van der Waals surface area contributed by atoms with Crippen molar-refractivity contribution in [3.8, 4) is 28.1 Å². The SMILES string of the molecule is CCCC(=O)N1C[C@@H](C)C[C@H]1c1ncc(-c2ccc3c(c2)COc2cc4c(ccc5[nH]c([C@@H]6CC[C@H](C)N6C(=O)[C@@H](NC(=O)OC)C(C)C)nc54)cc2-3)[nH]1. The van der Waals surface area contributed by atoms with Crippen molar-refractivity contribution in [3.05, 3.63) is 65.9 Å². The highest BCUT2D eigenvalue weighted by molar-refractivity contribution is 6.07. The van der Waals surface area contributed by atoms with Gasteiger partial charge in [-0.1, -0.05) is 45.9 Å². The van der Waals surface area contributed by atoms with Gasteiger partial charge in [0.1, 0.15) is 30.0 Å². The van der Waals surface area contributed by atoms with Crippen molar-refractivity contribution in [2.24, 2.45) is 11.8 Å². The zero-order chi connectivity index (χ0) is 37.8. The summed E-state index contributed by atoms with van der Waals surface area (Å²) in [6.07, 6.45) is 5.16. The van der Waals surface area contributed by atoms with E-state index < -0.39 is 12.1 Å².